The van der Waals surface area contributed by atoms with Crippen molar-refractivity contribution in [2.24, 2.45) is 0 Å². The molecule has 1 N–H and O–H groups in total. The van der Waals surface area contributed by atoms with Crippen molar-refractivity contribution in [3.8, 4) is 0 Å². The third-order valence-corrected chi connectivity index (χ3v) is 3.66. The summed E-state index contributed by atoms with van der Waals surface area (Å²) >= 11 is 0. The van der Waals surface area contributed by atoms with Crippen LogP contribution < -0.4 is 11.2 Å². The molecule has 2 heterocycles. The summed E-state index contributed by atoms with van der Waals surface area (Å²) < 4.78 is 12.3. The van der Waals surface area contributed by atoms with E-state index in [0.717, 1.165) is 0 Å². The van der Waals surface area contributed by atoms with Gasteiger partial charge in [-0.1, -0.05) is 18.2 Å². The average molecular weight is 316 g/mol. The molecule has 0 amide bonds. The molecule has 1 aliphatic rings. The standard InChI is InChI=1S/C16H16N2O5/c19-13-8-9-18(16(21)17-13)14-7-6-12(23-14)10-22-15(20)11-4-2-1-3-5-11/h1-5,8-9,12,14H,6-7,10H2,(H,17,19,21)/t12-,14?/m0/s1. The highest BCUT2D eigenvalue weighted by atomic mass is 16.6. The number of esters is 1. The second-order valence-corrected chi connectivity index (χ2v) is 5.27. The van der Waals surface area contributed by atoms with Gasteiger partial charge in [0.15, 0.2) is 0 Å². The zero-order chi connectivity index (χ0) is 16.2. The molecule has 0 aliphatic carbocycles. The molecule has 1 saturated heterocycles. The Morgan fingerprint density at radius 1 is 1.22 bits per heavy atom. The Hall–Kier alpha value is -2.67. The van der Waals surface area contributed by atoms with Crippen molar-refractivity contribution in [3.05, 3.63) is 69.0 Å². The van der Waals surface area contributed by atoms with Crippen LogP contribution in [0.15, 0.2) is 52.2 Å². The lowest BCUT2D eigenvalue weighted by molar-refractivity contribution is -0.0340. The minimum Gasteiger partial charge on any atom is -0.459 e. The number of H-pyrrole nitrogens is 1. The number of nitrogens with zero attached hydrogens (tertiary/aromatic N) is 1. The van der Waals surface area contributed by atoms with Gasteiger partial charge in [-0.25, -0.2) is 9.59 Å². The van der Waals surface area contributed by atoms with Crippen LogP contribution in [0.4, 0.5) is 0 Å². The molecule has 1 aliphatic heterocycles. The number of carbonyl (C=O) groups excluding carboxylic acids is 1. The molecular formula is C16H16N2O5. The van der Waals surface area contributed by atoms with Crippen LogP contribution in [-0.2, 0) is 9.47 Å². The predicted molar refractivity (Wildman–Crippen MR) is 81.2 cm³/mol. The summed E-state index contributed by atoms with van der Waals surface area (Å²) in [6.07, 6.45) is 1.95. The third-order valence-electron chi connectivity index (χ3n) is 3.66. The lowest BCUT2D eigenvalue weighted by atomic mass is 10.2. The first kappa shape index (κ1) is 15.2. The molecule has 7 heteroatoms. The second-order valence-electron chi connectivity index (χ2n) is 5.27. The van der Waals surface area contributed by atoms with E-state index < -0.39 is 23.4 Å². The van der Waals surface area contributed by atoms with Crippen molar-refractivity contribution < 1.29 is 14.3 Å². The fourth-order valence-electron chi connectivity index (χ4n) is 2.49. The van der Waals surface area contributed by atoms with Gasteiger partial charge in [-0.2, -0.15) is 0 Å². The van der Waals surface area contributed by atoms with Gasteiger partial charge < -0.3 is 9.47 Å². The van der Waals surface area contributed by atoms with Gasteiger partial charge in [-0.3, -0.25) is 14.3 Å². The predicted octanol–water partition coefficient (Wildman–Crippen LogP) is 1.07. The first-order valence-electron chi connectivity index (χ1n) is 7.32. The summed E-state index contributed by atoms with van der Waals surface area (Å²) in [7, 11) is 0. The van der Waals surface area contributed by atoms with Crippen LogP contribution >= 0.6 is 0 Å². The number of hydrogen-bond donors (Lipinski definition) is 1. The molecule has 2 aromatic rings. The van der Waals surface area contributed by atoms with E-state index in [1.807, 2.05) is 6.07 Å². The normalized spacial score (nSPS) is 20.3. The number of carbonyl (C=O) groups is 1. The van der Waals surface area contributed by atoms with E-state index in [4.69, 9.17) is 9.47 Å². The Balaban J connectivity index is 1.57. The van der Waals surface area contributed by atoms with E-state index in [2.05, 4.69) is 4.98 Å². The Morgan fingerprint density at radius 3 is 2.74 bits per heavy atom. The smallest absolute Gasteiger partial charge is 0.338 e. The van der Waals surface area contributed by atoms with Crippen LogP contribution in [0.3, 0.4) is 0 Å². The van der Waals surface area contributed by atoms with Gasteiger partial charge in [0.2, 0.25) is 0 Å². The highest BCUT2D eigenvalue weighted by molar-refractivity contribution is 5.89. The zero-order valence-corrected chi connectivity index (χ0v) is 12.3. The van der Waals surface area contributed by atoms with Crippen LogP contribution in [0, 0.1) is 0 Å². The average Bonchev–Trinajstić information content (AvgIpc) is 3.02. The molecule has 1 fully saturated rings. The van der Waals surface area contributed by atoms with E-state index >= 15 is 0 Å². The Labute approximate surface area is 131 Å². The van der Waals surface area contributed by atoms with Gasteiger partial charge >= 0.3 is 11.7 Å². The Bertz CT molecular complexity index is 796. The topological polar surface area (TPSA) is 90.4 Å². The summed E-state index contributed by atoms with van der Waals surface area (Å²) in [6.45, 7) is 0.127. The van der Waals surface area contributed by atoms with E-state index in [9.17, 15) is 14.4 Å². The van der Waals surface area contributed by atoms with Crippen LogP contribution in [0.1, 0.15) is 29.4 Å². The number of hydrogen-bond acceptors (Lipinski definition) is 5. The van der Waals surface area contributed by atoms with Gasteiger partial charge in [0.25, 0.3) is 5.56 Å². The maximum atomic E-state index is 11.9. The molecule has 1 aromatic heterocycles. The van der Waals surface area contributed by atoms with Crippen LogP contribution in [0.5, 0.6) is 0 Å². The van der Waals surface area contributed by atoms with E-state index in [1.54, 1.807) is 24.3 Å². The number of ether oxygens (including phenoxy) is 2. The quantitative estimate of drug-likeness (QED) is 0.852. The Morgan fingerprint density at radius 2 is 2.00 bits per heavy atom. The fraction of sp³-hybridized carbons (Fsp3) is 0.312. The monoisotopic (exact) mass is 316 g/mol. The van der Waals surface area contributed by atoms with Gasteiger partial charge in [0.05, 0.1) is 11.7 Å². The van der Waals surface area contributed by atoms with Gasteiger partial charge in [-0.15, -0.1) is 0 Å². The molecule has 7 nitrogen and oxygen atoms in total. The van der Waals surface area contributed by atoms with Crippen molar-refractivity contribution >= 4 is 5.97 Å². The largest absolute Gasteiger partial charge is 0.459 e. The van der Waals surface area contributed by atoms with E-state index in [-0.39, 0.29) is 12.7 Å². The number of nitrogens with one attached hydrogen (secondary N) is 1. The number of aromatic amines is 1. The van der Waals surface area contributed by atoms with Crippen molar-refractivity contribution in [1.82, 2.24) is 9.55 Å². The Kier molecular flexibility index (Phi) is 4.38. The molecular weight excluding hydrogens is 300 g/mol. The molecule has 2 atom stereocenters. The molecule has 120 valence electrons. The molecule has 1 aromatic carbocycles. The summed E-state index contributed by atoms with van der Waals surface area (Å²) in [4.78, 5) is 36.9. The van der Waals surface area contributed by atoms with Crippen molar-refractivity contribution in [2.45, 2.75) is 25.2 Å². The second kappa shape index (κ2) is 6.62. The molecule has 1 unspecified atom stereocenters. The third kappa shape index (κ3) is 3.57. The highest BCUT2D eigenvalue weighted by Gasteiger charge is 2.28. The molecule has 0 bridgehead atoms. The van der Waals surface area contributed by atoms with Gasteiger partial charge in [0, 0.05) is 12.3 Å². The van der Waals surface area contributed by atoms with Crippen molar-refractivity contribution in [2.75, 3.05) is 6.61 Å². The summed E-state index contributed by atoms with van der Waals surface area (Å²) in [6, 6.07) is 9.99. The zero-order valence-electron chi connectivity index (χ0n) is 12.3. The first-order chi connectivity index (χ1) is 11.1. The fourth-order valence-corrected chi connectivity index (χ4v) is 2.49. The summed E-state index contributed by atoms with van der Waals surface area (Å²) in [5.74, 6) is -0.404. The molecule has 3 rings (SSSR count). The minimum absolute atomic E-state index is 0.127. The maximum absolute atomic E-state index is 11.9. The van der Waals surface area contributed by atoms with Gasteiger partial charge in [-0.05, 0) is 25.0 Å². The minimum atomic E-state index is -0.510. The van der Waals surface area contributed by atoms with Crippen molar-refractivity contribution in [3.63, 3.8) is 0 Å². The number of aromatic nitrogens is 2. The highest BCUT2D eigenvalue weighted by Crippen LogP contribution is 2.27. The van der Waals surface area contributed by atoms with Crippen LogP contribution in [0.2, 0.25) is 0 Å². The van der Waals surface area contributed by atoms with Crippen molar-refractivity contribution in [1.29, 1.82) is 0 Å². The van der Waals surface area contributed by atoms with E-state index in [0.29, 0.717) is 18.4 Å². The number of rotatable bonds is 4. The summed E-state index contributed by atoms with van der Waals surface area (Å²) in [5.41, 5.74) is -0.471. The SMILES string of the molecule is O=C(OC[C@@H]1CCC(n2ccc(=O)[nH]c2=O)O1)c1ccccc1. The number of benzene rings is 1. The van der Waals surface area contributed by atoms with Crippen LogP contribution in [0.25, 0.3) is 0 Å². The molecule has 23 heavy (non-hydrogen) atoms. The van der Waals surface area contributed by atoms with E-state index in [1.165, 1.54) is 16.8 Å². The summed E-state index contributed by atoms with van der Waals surface area (Å²) in [5, 5.41) is 0. The first-order valence-corrected chi connectivity index (χ1v) is 7.32. The van der Waals surface area contributed by atoms with Gasteiger partial charge in [0.1, 0.15) is 12.8 Å². The lowest BCUT2D eigenvalue weighted by Crippen LogP contribution is -2.31. The molecule has 0 spiro atoms. The van der Waals surface area contributed by atoms with Crippen LogP contribution in [-0.4, -0.2) is 28.2 Å². The molecule has 0 saturated carbocycles. The molecule has 0 radical (unpaired) electrons. The lowest BCUT2D eigenvalue weighted by Gasteiger charge is -2.15. The maximum Gasteiger partial charge on any atom is 0.338 e.